The van der Waals surface area contributed by atoms with Crippen molar-refractivity contribution in [1.82, 2.24) is 14.9 Å². The van der Waals surface area contributed by atoms with Crippen molar-refractivity contribution in [2.45, 2.75) is 52.5 Å². The molecule has 0 bridgehead atoms. The summed E-state index contributed by atoms with van der Waals surface area (Å²) in [7, 11) is 0. The van der Waals surface area contributed by atoms with E-state index in [2.05, 4.69) is 35.1 Å². The summed E-state index contributed by atoms with van der Waals surface area (Å²) in [5, 5.41) is 19.7. The number of aromatic nitrogens is 2. The highest BCUT2D eigenvalue weighted by atomic mass is 16.5. The fourth-order valence-electron chi connectivity index (χ4n) is 4.56. The molecule has 1 aromatic heterocycles. The van der Waals surface area contributed by atoms with Gasteiger partial charge in [-0.3, -0.25) is 9.69 Å². The summed E-state index contributed by atoms with van der Waals surface area (Å²) in [5.41, 5.74) is 4.89. The molecule has 9 heteroatoms. The van der Waals surface area contributed by atoms with Gasteiger partial charge in [0.2, 0.25) is 11.8 Å². The van der Waals surface area contributed by atoms with E-state index in [1.54, 1.807) is 4.90 Å². The van der Waals surface area contributed by atoms with Crippen LogP contribution < -0.4 is 14.2 Å². The first kappa shape index (κ1) is 26.4. The van der Waals surface area contributed by atoms with Crippen molar-refractivity contribution in [2.24, 2.45) is 0 Å². The number of carbonyl (C=O) groups is 1. The third-order valence-electron chi connectivity index (χ3n) is 6.39. The van der Waals surface area contributed by atoms with Crippen molar-refractivity contribution < 1.29 is 29.2 Å². The predicted octanol–water partition coefficient (Wildman–Crippen LogP) is 3.85. The topological polar surface area (TPSA) is 114 Å². The molecule has 37 heavy (non-hydrogen) atoms. The van der Waals surface area contributed by atoms with Crippen LogP contribution in [0.1, 0.15) is 37.0 Å². The Kier molecular flexibility index (Phi) is 8.58. The lowest BCUT2D eigenvalue weighted by atomic mass is 9.97. The number of likely N-dealkylation sites (tertiary alicyclic amines) is 1. The number of β-amino-alcohol motifs (C(OH)–C–C–N with tert-alkyl or cyclic N) is 1. The van der Waals surface area contributed by atoms with Crippen molar-refractivity contribution >= 4 is 5.97 Å². The third-order valence-corrected chi connectivity index (χ3v) is 6.39. The number of aliphatic hydroxyl groups excluding tert-OH is 1. The van der Waals surface area contributed by atoms with Gasteiger partial charge in [0.15, 0.2) is 0 Å². The summed E-state index contributed by atoms with van der Waals surface area (Å²) in [4.78, 5) is 22.4. The Morgan fingerprint density at radius 2 is 1.68 bits per heavy atom. The zero-order chi connectivity index (χ0) is 26.4. The van der Waals surface area contributed by atoms with E-state index in [9.17, 15) is 15.0 Å². The molecule has 0 spiro atoms. The maximum atomic E-state index is 11.7. The zero-order valence-electron chi connectivity index (χ0n) is 21.4. The van der Waals surface area contributed by atoms with Crippen molar-refractivity contribution in [3.63, 3.8) is 0 Å². The highest BCUT2D eigenvalue weighted by Crippen LogP contribution is 2.33. The van der Waals surface area contributed by atoms with E-state index in [1.165, 1.54) is 0 Å². The Labute approximate surface area is 216 Å². The molecule has 2 N–H and O–H groups in total. The van der Waals surface area contributed by atoms with Crippen LogP contribution in [0.15, 0.2) is 48.5 Å². The standard InChI is InChI=1S/C28H33N3O6/c1-4-35-25-23(16-31-15-21(32)14-24(31)27(33)34)26(36-5-2)30-28(29-25)37-17-20-12-9-13-22(18(20)3)19-10-7-6-8-11-19/h6-13,21,24,32H,4-5,14-17H2,1-3H3,(H,33,34)/t21-,24+/m1/s1. The van der Waals surface area contributed by atoms with Gasteiger partial charge in [-0.25, -0.2) is 0 Å². The normalized spacial score (nSPS) is 17.5. The van der Waals surface area contributed by atoms with E-state index < -0.39 is 18.1 Å². The number of benzene rings is 2. The molecule has 0 unspecified atom stereocenters. The Hall–Kier alpha value is -3.69. The van der Waals surface area contributed by atoms with Gasteiger partial charge in [0.25, 0.3) is 0 Å². The van der Waals surface area contributed by atoms with Crippen molar-refractivity contribution in [2.75, 3.05) is 19.8 Å². The van der Waals surface area contributed by atoms with Crippen LogP contribution in [-0.4, -0.2) is 63.0 Å². The molecule has 0 radical (unpaired) electrons. The summed E-state index contributed by atoms with van der Waals surface area (Å²) in [6, 6.07) is 15.6. The SMILES string of the molecule is CCOc1nc(OCc2cccc(-c3ccccc3)c2C)nc(OCC)c1CN1C[C@H](O)C[C@H]1C(=O)O. The lowest BCUT2D eigenvalue weighted by Crippen LogP contribution is -2.35. The van der Waals surface area contributed by atoms with Crippen LogP contribution in [0.5, 0.6) is 17.8 Å². The Morgan fingerprint density at radius 3 is 2.30 bits per heavy atom. The van der Waals surface area contributed by atoms with Crippen LogP contribution >= 0.6 is 0 Å². The molecule has 0 saturated carbocycles. The van der Waals surface area contributed by atoms with Gasteiger partial charge in [0.05, 0.1) is 24.9 Å². The summed E-state index contributed by atoms with van der Waals surface area (Å²) in [6.45, 7) is 7.07. The van der Waals surface area contributed by atoms with Gasteiger partial charge < -0.3 is 24.4 Å². The van der Waals surface area contributed by atoms with Gasteiger partial charge in [-0.2, -0.15) is 9.97 Å². The second-order valence-corrected chi connectivity index (χ2v) is 8.88. The number of hydrogen-bond acceptors (Lipinski definition) is 8. The maximum absolute atomic E-state index is 11.7. The molecule has 2 atom stereocenters. The largest absolute Gasteiger partial charge is 0.480 e. The van der Waals surface area contributed by atoms with E-state index in [1.807, 2.05) is 44.2 Å². The fraction of sp³-hybridized carbons (Fsp3) is 0.393. The number of carboxylic acid groups (broad SMARTS) is 1. The lowest BCUT2D eigenvalue weighted by molar-refractivity contribution is -0.142. The van der Waals surface area contributed by atoms with E-state index >= 15 is 0 Å². The molecule has 196 valence electrons. The Morgan fingerprint density at radius 1 is 1.00 bits per heavy atom. The summed E-state index contributed by atoms with van der Waals surface area (Å²) < 4.78 is 17.6. The number of ether oxygens (including phenoxy) is 3. The van der Waals surface area contributed by atoms with Crippen molar-refractivity contribution in [1.29, 1.82) is 0 Å². The number of hydrogen-bond donors (Lipinski definition) is 2. The van der Waals surface area contributed by atoms with Crippen LogP contribution in [0.4, 0.5) is 0 Å². The summed E-state index contributed by atoms with van der Waals surface area (Å²) >= 11 is 0. The Balaban J connectivity index is 1.60. The van der Waals surface area contributed by atoms with Gasteiger partial charge in [-0.05, 0) is 43.0 Å². The quantitative estimate of drug-likeness (QED) is 0.399. The first-order valence-electron chi connectivity index (χ1n) is 12.5. The van der Waals surface area contributed by atoms with Crippen LogP contribution in [0.3, 0.4) is 0 Å². The van der Waals surface area contributed by atoms with E-state index in [0.717, 1.165) is 22.3 Å². The molecule has 1 saturated heterocycles. The van der Waals surface area contributed by atoms with Gasteiger partial charge in [-0.1, -0.05) is 48.5 Å². The minimum Gasteiger partial charge on any atom is -0.480 e. The van der Waals surface area contributed by atoms with Gasteiger partial charge >= 0.3 is 12.0 Å². The minimum atomic E-state index is -0.985. The minimum absolute atomic E-state index is 0.108. The Bertz CT molecular complexity index is 1190. The lowest BCUT2D eigenvalue weighted by Gasteiger charge is -2.23. The fourth-order valence-corrected chi connectivity index (χ4v) is 4.56. The highest BCUT2D eigenvalue weighted by Gasteiger charge is 2.37. The van der Waals surface area contributed by atoms with Crippen LogP contribution in [0, 0.1) is 6.92 Å². The van der Waals surface area contributed by atoms with Crippen LogP contribution in [0.2, 0.25) is 0 Å². The van der Waals surface area contributed by atoms with Gasteiger partial charge in [0.1, 0.15) is 12.6 Å². The van der Waals surface area contributed by atoms with E-state index in [-0.39, 0.29) is 43.9 Å². The average Bonchev–Trinajstić information content (AvgIpc) is 3.26. The predicted molar refractivity (Wildman–Crippen MR) is 138 cm³/mol. The maximum Gasteiger partial charge on any atom is 0.323 e. The zero-order valence-corrected chi connectivity index (χ0v) is 21.4. The molecule has 2 aromatic carbocycles. The molecule has 3 aromatic rings. The van der Waals surface area contributed by atoms with Crippen molar-refractivity contribution in [3.05, 3.63) is 65.2 Å². The number of rotatable bonds is 11. The number of nitrogens with zero attached hydrogens (tertiary/aromatic N) is 3. The monoisotopic (exact) mass is 507 g/mol. The van der Waals surface area contributed by atoms with E-state index in [0.29, 0.717) is 18.8 Å². The molecule has 4 rings (SSSR count). The first-order valence-corrected chi connectivity index (χ1v) is 12.5. The molecule has 0 aliphatic carbocycles. The smallest absolute Gasteiger partial charge is 0.323 e. The number of aliphatic carboxylic acids is 1. The molecular weight excluding hydrogens is 474 g/mol. The second-order valence-electron chi connectivity index (χ2n) is 8.88. The van der Waals surface area contributed by atoms with Crippen molar-refractivity contribution in [3.8, 4) is 28.9 Å². The number of carboxylic acids is 1. The molecule has 1 aliphatic rings. The molecule has 9 nitrogen and oxygen atoms in total. The highest BCUT2D eigenvalue weighted by molar-refractivity contribution is 5.74. The molecule has 0 amide bonds. The molecule has 1 aliphatic heterocycles. The third kappa shape index (κ3) is 6.18. The van der Waals surface area contributed by atoms with Gasteiger partial charge in [0, 0.05) is 19.5 Å². The van der Waals surface area contributed by atoms with Crippen LogP contribution in [-0.2, 0) is 17.9 Å². The van der Waals surface area contributed by atoms with E-state index in [4.69, 9.17) is 14.2 Å². The molecule has 1 fully saturated rings. The summed E-state index contributed by atoms with van der Waals surface area (Å²) in [6.07, 6.45) is -0.558. The first-order chi connectivity index (χ1) is 17.9. The van der Waals surface area contributed by atoms with Crippen LogP contribution in [0.25, 0.3) is 11.1 Å². The molecular formula is C28H33N3O6. The molecule has 2 heterocycles. The average molecular weight is 508 g/mol. The van der Waals surface area contributed by atoms with Gasteiger partial charge in [-0.15, -0.1) is 0 Å². The second kappa shape index (κ2) is 12.0. The number of aliphatic hydroxyl groups is 1. The summed E-state index contributed by atoms with van der Waals surface area (Å²) in [5.74, 6) is -0.436.